The van der Waals surface area contributed by atoms with Crippen molar-refractivity contribution in [2.75, 3.05) is 0 Å². The summed E-state index contributed by atoms with van der Waals surface area (Å²) in [6.45, 7) is 3.81. The molecule has 0 heterocycles. The fraction of sp³-hybridized carbons (Fsp3) is 0.143. The van der Waals surface area contributed by atoms with Crippen LogP contribution < -0.4 is 56.5 Å². The van der Waals surface area contributed by atoms with Gasteiger partial charge in [0.25, 0.3) is 0 Å². The smallest absolute Gasteiger partial charge is 0.545 e. The Bertz CT molecular complexity index is 141. The van der Waals surface area contributed by atoms with Crippen LogP contribution >= 0.6 is 0 Å². The molecule has 0 aromatic rings. The fourth-order valence-corrected chi connectivity index (χ4v) is 0.245. The first kappa shape index (κ1) is 17.4. The molecule has 0 bridgehead atoms. The van der Waals surface area contributed by atoms with Crippen molar-refractivity contribution < 1.29 is 66.1 Å². The summed E-state index contributed by atoms with van der Waals surface area (Å²) in [6.07, 6.45) is 5.74. The van der Waals surface area contributed by atoms with E-state index in [-0.39, 0.29) is 51.4 Å². The average Bonchev–Trinajstić information content (AvgIpc) is 1.92. The first-order chi connectivity index (χ1) is 4.77. The Morgan fingerprint density at radius 3 is 2.09 bits per heavy atom. The number of carboxylic acid groups (broad SMARTS) is 1. The molecule has 4 heteroatoms. The van der Waals surface area contributed by atoms with E-state index in [1.165, 1.54) is 6.08 Å². The number of carboxylic acids is 1. The molecule has 56 valence electrons. The number of aliphatic carboxylic acids is 1. The quantitative estimate of drug-likeness (QED) is 0.254. The molecule has 3 nitrogen and oxygen atoms in total. The van der Waals surface area contributed by atoms with E-state index in [0.717, 1.165) is 6.08 Å². The van der Waals surface area contributed by atoms with Crippen LogP contribution in [0.3, 0.4) is 0 Å². The predicted octanol–water partition coefficient (Wildman–Crippen LogP) is -3.31. The van der Waals surface area contributed by atoms with Gasteiger partial charge in [-0.2, -0.15) is 0 Å². The second kappa shape index (κ2) is 16.7. The van der Waals surface area contributed by atoms with Crippen LogP contribution in [0.5, 0.6) is 0 Å². The van der Waals surface area contributed by atoms with E-state index in [9.17, 15) is 9.90 Å². The zero-order valence-electron chi connectivity index (χ0n) is 6.74. The Labute approximate surface area is 109 Å². The van der Waals surface area contributed by atoms with Gasteiger partial charge in [0, 0.05) is 0 Å². The van der Waals surface area contributed by atoms with E-state index in [1.807, 2.05) is 6.79 Å². The molecule has 0 saturated carbocycles. The Morgan fingerprint density at radius 1 is 1.36 bits per heavy atom. The van der Waals surface area contributed by atoms with Gasteiger partial charge in [-0.25, -0.2) is 0 Å². The molecule has 0 rings (SSSR count). The van der Waals surface area contributed by atoms with Gasteiger partial charge in [0.1, 0.15) is 6.79 Å². The summed E-state index contributed by atoms with van der Waals surface area (Å²) in [7, 11) is 0. The van der Waals surface area contributed by atoms with Gasteiger partial charge in [-0.15, -0.1) is 0 Å². The van der Waals surface area contributed by atoms with Crippen molar-refractivity contribution in [3.8, 4) is 0 Å². The minimum absolute atomic E-state index is 0. The minimum Gasteiger partial charge on any atom is -0.545 e. The second-order valence-corrected chi connectivity index (χ2v) is 1.20. The third kappa shape index (κ3) is 25.3. The van der Waals surface area contributed by atoms with Crippen LogP contribution in [0.25, 0.3) is 0 Å². The zero-order chi connectivity index (χ0) is 8.41. The van der Waals surface area contributed by atoms with Crippen molar-refractivity contribution in [2.45, 2.75) is 6.92 Å². The van der Waals surface area contributed by atoms with Gasteiger partial charge in [0.15, 0.2) is 0 Å². The van der Waals surface area contributed by atoms with Gasteiger partial charge < -0.3 is 14.7 Å². The van der Waals surface area contributed by atoms with Crippen LogP contribution in [0.2, 0.25) is 0 Å². The van der Waals surface area contributed by atoms with Crippen molar-refractivity contribution in [3.63, 3.8) is 0 Å². The maximum atomic E-state index is 9.64. The summed E-state index contributed by atoms with van der Waals surface area (Å²) in [5.41, 5.74) is 0. The molecule has 0 atom stereocenters. The Hall–Kier alpha value is 0.256. The molecule has 0 aromatic carbocycles. The van der Waals surface area contributed by atoms with E-state index in [2.05, 4.69) is 0 Å². The Kier molecular flexibility index (Phi) is 26.4. The van der Waals surface area contributed by atoms with E-state index in [0.29, 0.717) is 0 Å². The van der Waals surface area contributed by atoms with Gasteiger partial charge in [-0.05, 0) is 13.0 Å². The molecular formula is C7H9KO3. The molecule has 0 aliphatic carbocycles. The topological polar surface area (TPSA) is 57.2 Å². The standard InChI is InChI=1S/C6H8O2.CH2O.K/c1-2-3-4-5-6(7)8;1-2;/h2-5H,1H3,(H,7,8);1H2;/q;;+1/p-1/b3-2+,5-4+;;. The average molecular weight is 180 g/mol. The van der Waals surface area contributed by atoms with Gasteiger partial charge in [-0.3, -0.25) is 0 Å². The molecule has 0 saturated heterocycles. The van der Waals surface area contributed by atoms with Gasteiger partial charge >= 0.3 is 51.4 Å². The van der Waals surface area contributed by atoms with E-state index < -0.39 is 5.97 Å². The van der Waals surface area contributed by atoms with Crippen molar-refractivity contribution in [2.24, 2.45) is 0 Å². The van der Waals surface area contributed by atoms with Gasteiger partial charge in [0.05, 0.1) is 5.97 Å². The molecule has 0 spiro atoms. The third-order valence-electron chi connectivity index (χ3n) is 0.536. The van der Waals surface area contributed by atoms with Crippen LogP contribution in [-0.4, -0.2) is 12.8 Å². The molecule has 0 aliphatic heterocycles. The molecule has 0 amide bonds. The van der Waals surface area contributed by atoms with Crippen LogP contribution in [0.1, 0.15) is 6.92 Å². The molecule has 0 fully saturated rings. The van der Waals surface area contributed by atoms with E-state index >= 15 is 0 Å². The van der Waals surface area contributed by atoms with Crippen LogP contribution in [0.15, 0.2) is 24.3 Å². The number of hydrogen-bond acceptors (Lipinski definition) is 3. The molecule has 0 aliphatic rings. The van der Waals surface area contributed by atoms with E-state index in [4.69, 9.17) is 4.79 Å². The molecule has 0 radical (unpaired) electrons. The summed E-state index contributed by atoms with van der Waals surface area (Å²) >= 11 is 0. The monoisotopic (exact) mass is 180 g/mol. The normalized spacial score (nSPS) is 8.45. The SMILES string of the molecule is C/C=C/C=C/C(=O)[O-].C=O.[K+]. The molecule has 0 N–H and O–H groups in total. The summed E-state index contributed by atoms with van der Waals surface area (Å²) in [6, 6.07) is 0. The van der Waals surface area contributed by atoms with Crippen LogP contribution in [0, 0.1) is 0 Å². The fourth-order valence-electron chi connectivity index (χ4n) is 0.245. The maximum Gasteiger partial charge on any atom is 1.00 e. The summed E-state index contributed by atoms with van der Waals surface area (Å²) < 4.78 is 0. The minimum atomic E-state index is -1.16. The zero-order valence-corrected chi connectivity index (χ0v) is 9.86. The predicted molar refractivity (Wildman–Crippen MR) is 36.1 cm³/mol. The molecule has 11 heavy (non-hydrogen) atoms. The Morgan fingerprint density at radius 2 is 1.82 bits per heavy atom. The molecular weight excluding hydrogens is 171 g/mol. The van der Waals surface area contributed by atoms with Crippen molar-refractivity contribution in [1.82, 2.24) is 0 Å². The first-order valence-electron chi connectivity index (χ1n) is 2.56. The van der Waals surface area contributed by atoms with Crippen molar-refractivity contribution in [1.29, 1.82) is 0 Å². The van der Waals surface area contributed by atoms with Crippen molar-refractivity contribution in [3.05, 3.63) is 24.3 Å². The van der Waals surface area contributed by atoms with Gasteiger partial charge in [-0.1, -0.05) is 18.2 Å². The largest absolute Gasteiger partial charge is 1.00 e. The van der Waals surface area contributed by atoms with E-state index in [1.54, 1.807) is 19.1 Å². The third-order valence-corrected chi connectivity index (χ3v) is 0.536. The number of rotatable bonds is 2. The number of carbonyl (C=O) groups excluding carboxylic acids is 2. The van der Waals surface area contributed by atoms with Crippen LogP contribution in [-0.2, 0) is 9.59 Å². The van der Waals surface area contributed by atoms with Crippen LogP contribution in [0.4, 0.5) is 0 Å². The molecule has 0 unspecified atom stereocenters. The second-order valence-electron chi connectivity index (χ2n) is 1.20. The number of allylic oxidation sites excluding steroid dienone is 3. The summed E-state index contributed by atoms with van der Waals surface area (Å²) in [5, 5.41) is 9.64. The summed E-state index contributed by atoms with van der Waals surface area (Å²) in [4.78, 5) is 17.6. The Balaban J connectivity index is -0.000000196. The molecule has 0 aromatic heterocycles. The first-order valence-corrected chi connectivity index (χ1v) is 2.56. The number of carbonyl (C=O) groups is 2. The number of hydrogen-bond donors (Lipinski definition) is 0. The van der Waals surface area contributed by atoms with Crippen molar-refractivity contribution >= 4 is 12.8 Å². The van der Waals surface area contributed by atoms with Gasteiger partial charge in [0.2, 0.25) is 0 Å². The summed E-state index contributed by atoms with van der Waals surface area (Å²) in [5.74, 6) is -1.16. The maximum absolute atomic E-state index is 9.64.